The van der Waals surface area contributed by atoms with Crippen LogP contribution in [0.3, 0.4) is 0 Å². The van der Waals surface area contributed by atoms with Crippen molar-refractivity contribution < 1.29 is 5.11 Å². The first-order valence-electron chi connectivity index (χ1n) is 6.35. The van der Waals surface area contributed by atoms with E-state index in [1.165, 1.54) is 5.56 Å². The maximum atomic E-state index is 9.63. The van der Waals surface area contributed by atoms with Gasteiger partial charge in [0.15, 0.2) is 0 Å². The highest BCUT2D eigenvalue weighted by molar-refractivity contribution is 6.42. The first-order chi connectivity index (χ1) is 8.64. The molecule has 0 heterocycles. The molecule has 1 fully saturated rings. The van der Waals surface area contributed by atoms with Gasteiger partial charge in [-0.2, -0.15) is 0 Å². The van der Waals surface area contributed by atoms with Crippen LogP contribution >= 0.6 is 23.2 Å². The summed E-state index contributed by atoms with van der Waals surface area (Å²) >= 11 is 12.1. The van der Waals surface area contributed by atoms with E-state index in [0.29, 0.717) is 16.0 Å². The normalized spacial score (nSPS) is 27.7. The second kappa shape index (κ2) is 5.79. The molecule has 2 rings (SSSR count). The van der Waals surface area contributed by atoms with E-state index in [9.17, 15) is 5.11 Å². The van der Waals surface area contributed by atoms with Gasteiger partial charge in [-0.1, -0.05) is 35.7 Å². The van der Waals surface area contributed by atoms with Crippen molar-refractivity contribution in [1.29, 1.82) is 0 Å². The quantitative estimate of drug-likeness (QED) is 0.891. The average molecular weight is 288 g/mol. The molecular formula is C14H19Cl2NO. The molecular weight excluding hydrogens is 269 g/mol. The molecule has 0 amide bonds. The van der Waals surface area contributed by atoms with E-state index < -0.39 is 0 Å². The molecule has 1 aliphatic carbocycles. The van der Waals surface area contributed by atoms with Crippen molar-refractivity contribution in [3.8, 4) is 0 Å². The van der Waals surface area contributed by atoms with Crippen LogP contribution in [0.15, 0.2) is 18.2 Å². The van der Waals surface area contributed by atoms with E-state index in [4.69, 9.17) is 23.2 Å². The lowest BCUT2D eigenvalue weighted by Crippen LogP contribution is -2.41. The maximum absolute atomic E-state index is 9.63. The third-order valence-corrected chi connectivity index (χ3v) is 4.90. The first-order valence-corrected chi connectivity index (χ1v) is 7.10. The van der Waals surface area contributed by atoms with Gasteiger partial charge in [0.05, 0.1) is 10.0 Å². The van der Waals surface area contributed by atoms with Crippen LogP contribution in [0.5, 0.6) is 0 Å². The van der Waals surface area contributed by atoms with E-state index in [2.05, 4.69) is 5.32 Å². The molecule has 0 radical (unpaired) electrons. The lowest BCUT2D eigenvalue weighted by atomic mass is 9.72. The van der Waals surface area contributed by atoms with Crippen LogP contribution < -0.4 is 5.32 Å². The smallest absolute Gasteiger partial charge is 0.0595 e. The summed E-state index contributed by atoms with van der Waals surface area (Å²) in [7, 11) is 1.95. The standard InChI is InChI=1S/C14H19Cl2NO/c1-17-9-14(6-2-3-11(14)8-18)10-4-5-12(15)13(16)7-10/h4-5,7,11,17-18H,2-3,6,8-9H2,1H3/t11-,14+/m1/s1. The van der Waals surface area contributed by atoms with Crippen LogP contribution in [0.2, 0.25) is 10.0 Å². The molecule has 2 N–H and O–H groups in total. The van der Waals surface area contributed by atoms with Crippen LogP contribution in [-0.2, 0) is 5.41 Å². The molecule has 18 heavy (non-hydrogen) atoms. The van der Waals surface area contributed by atoms with Crippen LogP contribution in [-0.4, -0.2) is 25.3 Å². The van der Waals surface area contributed by atoms with Crippen molar-refractivity contribution in [1.82, 2.24) is 5.32 Å². The van der Waals surface area contributed by atoms with Crippen LogP contribution in [0.1, 0.15) is 24.8 Å². The number of benzene rings is 1. The Morgan fingerprint density at radius 3 is 2.78 bits per heavy atom. The van der Waals surface area contributed by atoms with Crippen molar-refractivity contribution in [2.75, 3.05) is 20.2 Å². The molecule has 0 saturated heterocycles. The van der Waals surface area contributed by atoms with Crippen molar-refractivity contribution in [2.24, 2.45) is 5.92 Å². The van der Waals surface area contributed by atoms with Gasteiger partial charge in [0.1, 0.15) is 0 Å². The van der Waals surface area contributed by atoms with Gasteiger partial charge in [-0.05, 0) is 43.5 Å². The zero-order valence-electron chi connectivity index (χ0n) is 10.5. The Bertz CT molecular complexity index is 424. The fourth-order valence-electron chi connectivity index (χ4n) is 3.25. The van der Waals surface area contributed by atoms with E-state index >= 15 is 0 Å². The number of halogens is 2. The third kappa shape index (κ3) is 2.39. The summed E-state index contributed by atoms with van der Waals surface area (Å²) in [6.07, 6.45) is 3.29. The van der Waals surface area contributed by atoms with Crippen LogP contribution in [0, 0.1) is 5.92 Å². The molecule has 1 saturated carbocycles. The summed E-state index contributed by atoms with van der Waals surface area (Å²) < 4.78 is 0. The number of hydrogen-bond donors (Lipinski definition) is 2. The average Bonchev–Trinajstić information content (AvgIpc) is 2.77. The predicted molar refractivity (Wildman–Crippen MR) is 76.5 cm³/mol. The Hall–Kier alpha value is -0.280. The second-order valence-corrected chi connectivity index (χ2v) is 5.90. The van der Waals surface area contributed by atoms with Gasteiger partial charge in [0, 0.05) is 18.6 Å². The van der Waals surface area contributed by atoms with Gasteiger partial charge in [-0.3, -0.25) is 0 Å². The number of rotatable bonds is 4. The summed E-state index contributed by atoms with van der Waals surface area (Å²) in [6, 6.07) is 5.85. The molecule has 100 valence electrons. The lowest BCUT2D eigenvalue weighted by molar-refractivity contribution is 0.169. The molecule has 0 aliphatic heterocycles. The molecule has 1 aliphatic rings. The molecule has 2 atom stereocenters. The Labute approximate surface area is 118 Å². The molecule has 0 spiro atoms. The van der Waals surface area contributed by atoms with Crippen LogP contribution in [0.4, 0.5) is 0 Å². The summed E-state index contributed by atoms with van der Waals surface area (Å²) in [5.74, 6) is 0.294. The lowest BCUT2D eigenvalue weighted by Gasteiger charge is -2.35. The monoisotopic (exact) mass is 287 g/mol. The van der Waals surface area contributed by atoms with E-state index in [0.717, 1.165) is 25.8 Å². The minimum Gasteiger partial charge on any atom is -0.396 e. The van der Waals surface area contributed by atoms with Gasteiger partial charge >= 0.3 is 0 Å². The number of nitrogens with one attached hydrogen (secondary N) is 1. The summed E-state index contributed by atoms with van der Waals surface area (Å²) in [6.45, 7) is 1.08. The zero-order chi connectivity index (χ0) is 13.2. The molecule has 2 nitrogen and oxygen atoms in total. The SMILES string of the molecule is CNC[C@]1(c2ccc(Cl)c(Cl)c2)CCC[C@@H]1CO. The number of likely N-dealkylation sites (N-methyl/N-ethyl adjacent to an activating group) is 1. The minimum atomic E-state index is -0.0161. The largest absolute Gasteiger partial charge is 0.396 e. The van der Waals surface area contributed by atoms with E-state index in [1.54, 1.807) is 0 Å². The molecule has 0 aromatic heterocycles. The molecule has 1 aromatic rings. The van der Waals surface area contributed by atoms with Crippen molar-refractivity contribution in [2.45, 2.75) is 24.7 Å². The summed E-state index contributed by atoms with van der Waals surface area (Å²) in [4.78, 5) is 0. The Morgan fingerprint density at radius 1 is 1.39 bits per heavy atom. The van der Waals surface area contributed by atoms with Gasteiger partial charge in [-0.25, -0.2) is 0 Å². The van der Waals surface area contributed by atoms with Crippen molar-refractivity contribution in [3.05, 3.63) is 33.8 Å². The van der Waals surface area contributed by atoms with Gasteiger partial charge in [-0.15, -0.1) is 0 Å². The van der Waals surface area contributed by atoms with E-state index in [1.807, 2.05) is 25.2 Å². The fraction of sp³-hybridized carbons (Fsp3) is 0.571. The topological polar surface area (TPSA) is 32.3 Å². The number of aliphatic hydroxyl groups excluding tert-OH is 1. The number of aliphatic hydroxyl groups is 1. The van der Waals surface area contributed by atoms with Gasteiger partial charge in [0.2, 0.25) is 0 Å². The Morgan fingerprint density at radius 2 is 2.17 bits per heavy atom. The molecule has 0 unspecified atom stereocenters. The van der Waals surface area contributed by atoms with Crippen molar-refractivity contribution >= 4 is 23.2 Å². The first kappa shape index (κ1) is 14.1. The highest BCUT2D eigenvalue weighted by atomic mass is 35.5. The third-order valence-electron chi connectivity index (χ3n) is 4.16. The zero-order valence-corrected chi connectivity index (χ0v) is 12.1. The van der Waals surface area contributed by atoms with E-state index in [-0.39, 0.29) is 12.0 Å². The molecule has 1 aromatic carbocycles. The van der Waals surface area contributed by atoms with Gasteiger partial charge < -0.3 is 10.4 Å². The molecule has 4 heteroatoms. The fourth-order valence-corrected chi connectivity index (χ4v) is 3.54. The predicted octanol–water partition coefficient (Wildman–Crippen LogP) is 3.24. The second-order valence-electron chi connectivity index (χ2n) is 5.09. The Kier molecular flexibility index (Phi) is 4.54. The van der Waals surface area contributed by atoms with Crippen LogP contribution in [0.25, 0.3) is 0 Å². The Balaban J connectivity index is 2.43. The molecule has 0 bridgehead atoms. The van der Waals surface area contributed by atoms with Crippen molar-refractivity contribution in [3.63, 3.8) is 0 Å². The summed E-state index contributed by atoms with van der Waals surface area (Å²) in [5, 5.41) is 14.1. The number of hydrogen-bond acceptors (Lipinski definition) is 2. The highest BCUT2D eigenvalue weighted by Gasteiger charge is 2.43. The minimum absolute atomic E-state index is 0.0161. The highest BCUT2D eigenvalue weighted by Crippen LogP contribution is 2.46. The van der Waals surface area contributed by atoms with Gasteiger partial charge in [0.25, 0.3) is 0 Å². The maximum Gasteiger partial charge on any atom is 0.0595 e. The summed E-state index contributed by atoms with van der Waals surface area (Å²) in [5.41, 5.74) is 1.17.